The fraction of sp³-hybridized carbons (Fsp3) is 0.435. The van der Waals surface area contributed by atoms with Gasteiger partial charge in [-0.3, -0.25) is 4.79 Å². The minimum atomic E-state index is -0.0778. The van der Waals surface area contributed by atoms with Crippen molar-refractivity contribution in [3.05, 3.63) is 53.6 Å². The van der Waals surface area contributed by atoms with Gasteiger partial charge in [-0.25, -0.2) is 0 Å². The lowest BCUT2D eigenvalue weighted by atomic mass is 10.1. The third-order valence-corrected chi connectivity index (χ3v) is 5.95. The lowest BCUT2D eigenvalue weighted by Crippen LogP contribution is -3.28. The van der Waals surface area contributed by atoms with Crippen LogP contribution in [0.3, 0.4) is 0 Å². The maximum Gasteiger partial charge on any atom is 0.275 e. The smallest absolute Gasteiger partial charge is 0.275 e. The van der Waals surface area contributed by atoms with Crippen LogP contribution in [0.15, 0.2) is 42.5 Å². The molecule has 7 nitrogen and oxygen atoms in total. The first-order chi connectivity index (χ1) is 14.6. The molecule has 2 aliphatic heterocycles. The summed E-state index contributed by atoms with van der Waals surface area (Å²) in [5, 5.41) is 3.12. The summed E-state index contributed by atoms with van der Waals surface area (Å²) in [5.41, 5.74) is 2.27. The zero-order chi connectivity index (χ0) is 20.9. The largest absolute Gasteiger partial charge is 0.496 e. The van der Waals surface area contributed by atoms with E-state index in [1.165, 1.54) is 10.5 Å². The van der Waals surface area contributed by atoms with E-state index in [1.54, 1.807) is 12.0 Å². The van der Waals surface area contributed by atoms with E-state index in [2.05, 4.69) is 17.4 Å². The summed E-state index contributed by atoms with van der Waals surface area (Å²) in [6.07, 6.45) is 0. The van der Waals surface area contributed by atoms with Crippen molar-refractivity contribution in [3.8, 4) is 17.2 Å². The first kappa shape index (κ1) is 20.5. The van der Waals surface area contributed by atoms with Crippen molar-refractivity contribution >= 4 is 5.91 Å². The van der Waals surface area contributed by atoms with E-state index in [9.17, 15) is 4.79 Å². The molecule has 0 saturated carbocycles. The molecule has 2 heterocycles. The first-order valence-electron chi connectivity index (χ1n) is 10.6. The SMILES string of the molecule is COc1ccccc1[C@@H](C)NC(=O)C[NH+]1CC[NH+](Cc2ccc3c(c2)OCO3)CC1. The molecule has 0 bridgehead atoms. The Kier molecular flexibility index (Phi) is 6.40. The van der Waals surface area contributed by atoms with Gasteiger partial charge in [-0.1, -0.05) is 18.2 Å². The van der Waals surface area contributed by atoms with Crippen LogP contribution in [0.1, 0.15) is 24.1 Å². The number of amides is 1. The second-order valence-corrected chi connectivity index (χ2v) is 8.07. The number of carbonyl (C=O) groups excluding carboxylic acids is 1. The number of benzene rings is 2. The number of ether oxygens (including phenoxy) is 3. The molecule has 1 amide bonds. The molecule has 0 aliphatic carbocycles. The van der Waals surface area contributed by atoms with Crippen molar-refractivity contribution in [1.82, 2.24) is 5.32 Å². The molecule has 3 N–H and O–H groups in total. The highest BCUT2D eigenvalue weighted by atomic mass is 16.7. The Balaban J connectivity index is 1.23. The van der Waals surface area contributed by atoms with Gasteiger partial charge < -0.3 is 29.3 Å². The second kappa shape index (κ2) is 9.36. The van der Waals surface area contributed by atoms with Gasteiger partial charge >= 0.3 is 0 Å². The van der Waals surface area contributed by atoms with Crippen LogP contribution in [0, 0.1) is 0 Å². The van der Waals surface area contributed by atoms with Crippen LogP contribution in [0.4, 0.5) is 0 Å². The van der Waals surface area contributed by atoms with Gasteiger partial charge in [-0.2, -0.15) is 0 Å². The van der Waals surface area contributed by atoms with Crippen LogP contribution < -0.4 is 29.3 Å². The highest BCUT2D eigenvalue weighted by molar-refractivity contribution is 5.77. The van der Waals surface area contributed by atoms with Crippen molar-refractivity contribution < 1.29 is 28.8 Å². The van der Waals surface area contributed by atoms with Gasteiger partial charge in [0, 0.05) is 11.1 Å². The maximum atomic E-state index is 12.6. The summed E-state index contributed by atoms with van der Waals surface area (Å²) in [5.74, 6) is 2.56. The molecular weight excluding hydrogens is 382 g/mol. The average molecular weight is 414 g/mol. The third-order valence-electron chi connectivity index (χ3n) is 5.95. The van der Waals surface area contributed by atoms with Crippen LogP contribution in [-0.2, 0) is 11.3 Å². The molecule has 4 rings (SSSR count). The monoisotopic (exact) mass is 413 g/mol. The quantitative estimate of drug-likeness (QED) is 0.577. The highest BCUT2D eigenvalue weighted by Gasteiger charge is 2.26. The minimum absolute atomic E-state index is 0.0778. The molecular formula is C23H31N3O4+2. The normalized spacial score (nSPS) is 21.1. The molecule has 0 aromatic heterocycles. The summed E-state index contributed by atoms with van der Waals surface area (Å²) >= 11 is 0. The number of nitrogens with one attached hydrogen (secondary N) is 3. The van der Waals surface area contributed by atoms with Crippen LogP contribution in [0.25, 0.3) is 0 Å². The summed E-state index contributed by atoms with van der Waals surface area (Å²) in [7, 11) is 1.66. The molecule has 0 unspecified atom stereocenters. The molecule has 2 aromatic rings. The average Bonchev–Trinajstić information content (AvgIpc) is 3.23. The van der Waals surface area contributed by atoms with Crippen LogP contribution in [0.5, 0.6) is 17.2 Å². The molecule has 2 aliphatic rings. The summed E-state index contributed by atoms with van der Waals surface area (Å²) in [6, 6.07) is 13.9. The van der Waals surface area contributed by atoms with Gasteiger partial charge in [-0.15, -0.1) is 0 Å². The van der Waals surface area contributed by atoms with Crippen LogP contribution >= 0.6 is 0 Å². The molecule has 1 fully saturated rings. The van der Waals surface area contributed by atoms with Gasteiger partial charge in [0.25, 0.3) is 5.91 Å². The van der Waals surface area contributed by atoms with Crippen molar-refractivity contribution in [2.75, 3.05) is 46.6 Å². The molecule has 0 spiro atoms. The Labute approximate surface area is 177 Å². The van der Waals surface area contributed by atoms with E-state index in [0.717, 1.165) is 55.5 Å². The van der Waals surface area contributed by atoms with Gasteiger partial charge in [0.1, 0.15) is 38.5 Å². The summed E-state index contributed by atoms with van der Waals surface area (Å²) < 4.78 is 16.3. The van der Waals surface area contributed by atoms with E-state index in [1.807, 2.05) is 37.3 Å². The summed E-state index contributed by atoms with van der Waals surface area (Å²) in [6.45, 7) is 7.90. The Hall–Kier alpha value is -2.77. The number of quaternary nitrogens is 2. The minimum Gasteiger partial charge on any atom is -0.496 e. The zero-order valence-electron chi connectivity index (χ0n) is 17.7. The maximum absolute atomic E-state index is 12.6. The van der Waals surface area contributed by atoms with E-state index >= 15 is 0 Å². The van der Waals surface area contributed by atoms with Gasteiger partial charge in [0.2, 0.25) is 6.79 Å². The van der Waals surface area contributed by atoms with Crippen molar-refractivity contribution in [2.45, 2.75) is 19.5 Å². The van der Waals surface area contributed by atoms with Crippen molar-refractivity contribution in [2.24, 2.45) is 0 Å². The molecule has 1 atom stereocenters. The fourth-order valence-electron chi connectivity index (χ4n) is 4.27. The Morgan fingerprint density at radius 3 is 2.60 bits per heavy atom. The van der Waals surface area contributed by atoms with E-state index in [4.69, 9.17) is 14.2 Å². The lowest BCUT2D eigenvalue weighted by molar-refractivity contribution is -1.02. The number of rotatable bonds is 7. The number of piperazine rings is 1. The molecule has 7 heteroatoms. The van der Waals surface area contributed by atoms with Crippen LogP contribution in [0.2, 0.25) is 0 Å². The molecule has 2 aromatic carbocycles. The second-order valence-electron chi connectivity index (χ2n) is 8.07. The molecule has 160 valence electrons. The molecule has 1 saturated heterocycles. The Morgan fingerprint density at radius 1 is 1.07 bits per heavy atom. The van der Waals surface area contributed by atoms with Crippen LogP contribution in [-0.4, -0.2) is 52.5 Å². The Morgan fingerprint density at radius 2 is 1.80 bits per heavy atom. The van der Waals surface area contributed by atoms with Crippen molar-refractivity contribution in [1.29, 1.82) is 0 Å². The standard InChI is InChI=1S/C23H29N3O4/c1-17(19-5-3-4-6-20(19)28-2)24-23(27)15-26-11-9-25(10-12-26)14-18-7-8-21-22(13-18)30-16-29-21/h3-8,13,17H,9-12,14-16H2,1-2H3,(H,24,27)/p+2/t17-/m1/s1. The summed E-state index contributed by atoms with van der Waals surface area (Å²) in [4.78, 5) is 15.5. The zero-order valence-corrected chi connectivity index (χ0v) is 17.7. The number of hydrogen-bond donors (Lipinski definition) is 3. The topological polar surface area (TPSA) is 65.7 Å². The fourth-order valence-corrected chi connectivity index (χ4v) is 4.27. The number of fused-ring (bicyclic) bond motifs is 1. The number of hydrogen-bond acceptors (Lipinski definition) is 4. The Bertz CT molecular complexity index is 881. The predicted octanol–water partition coefficient (Wildman–Crippen LogP) is -0.415. The van der Waals surface area contributed by atoms with E-state index < -0.39 is 0 Å². The first-order valence-corrected chi connectivity index (χ1v) is 10.6. The molecule has 30 heavy (non-hydrogen) atoms. The van der Waals surface area contributed by atoms with Gasteiger partial charge in [0.05, 0.1) is 13.2 Å². The highest BCUT2D eigenvalue weighted by Crippen LogP contribution is 2.32. The number of methoxy groups -OCH3 is 1. The van der Waals surface area contributed by atoms with E-state index in [-0.39, 0.29) is 11.9 Å². The van der Waals surface area contributed by atoms with Gasteiger partial charge in [-0.05, 0) is 31.2 Å². The number of para-hydroxylation sites is 1. The van der Waals surface area contributed by atoms with E-state index in [0.29, 0.717) is 13.3 Å². The van der Waals surface area contributed by atoms with Crippen molar-refractivity contribution in [3.63, 3.8) is 0 Å². The predicted molar refractivity (Wildman–Crippen MR) is 112 cm³/mol. The van der Waals surface area contributed by atoms with Gasteiger partial charge in [0.15, 0.2) is 18.0 Å². The number of carbonyl (C=O) groups is 1. The third kappa shape index (κ3) is 4.86. The lowest BCUT2D eigenvalue weighted by Gasteiger charge is -2.29. The molecule has 0 radical (unpaired) electrons.